The molecule has 3 nitrogen and oxygen atoms in total. The highest BCUT2D eigenvalue weighted by Crippen LogP contribution is 2.30. The van der Waals surface area contributed by atoms with Crippen LogP contribution >= 0.6 is 31.9 Å². The second-order valence-corrected chi connectivity index (χ2v) is 4.50. The number of halogens is 2. The van der Waals surface area contributed by atoms with E-state index in [1.54, 1.807) is 0 Å². The summed E-state index contributed by atoms with van der Waals surface area (Å²) in [6.45, 7) is 0. The molecule has 0 N–H and O–H groups in total. The summed E-state index contributed by atoms with van der Waals surface area (Å²) in [6.07, 6.45) is 1.56. The molecule has 0 saturated carbocycles. The smallest absolute Gasteiger partial charge is 0.182 e. The van der Waals surface area contributed by atoms with Gasteiger partial charge in [-0.1, -0.05) is 21.1 Å². The van der Waals surface area contributed by atoms with Gasteiger partial charge in [0, 0.05) is 6.42 Å². The maximum atomic E-state index is 11.5. The number of nitrogens with zero attached hydrogens (tertiary/aromatic N) is 1. The number of rotatable bonds is 0. The maximum absolute atomic E-state index is 11.5. The van der Waals surface area contributed by atoms with Crippen LogP contribution < -0.4 is 0 Å². The molecule has 0 radical (unpaired) electrons. The van der Waals surface area contributed by atoms with Gasteiger partial charge >= 0.3 is 0 Å². The maximum Gasteiger partial charge on any atom is 0.182 e. The van der Waals surface area contributed by atoms with Crippen LogP contribution in [-0.4, -0.2) is 15.8 Å². The number of fused-ring (bicyclic) bond motifs is 1. The van der Waals surface area contributed by atoms with Crippen LogP contribution in [0.4, 0.5) is 0 Å². The van der Waals surface area contributed by atoms with Gasteiger partial charge in [-0.2, -0.15) is 0 Å². The number of aryl methyl sites for hydroxylation is 1. The van der Waals surface area contributed by atoms with Crippen molar-refractivity contribution in [2.45, 2.75) is 17.7 Å². The number of aromatic nitrogens is 1. The minimum absolute atomic E-state index is 0.0596. The van der Waals surface area contributed by atoms with Crippen molar-refractivity contribution in [2.24, 2.45) is 0 Å². The molecule has 1 aromatic rings. The van der Waals surface area contributed by atoms with E-state index in [0.717, 1.165) is 12.8 Å². The Hall–Kier alpha value is -0.160. The minimum atomic E-state index is -0.0827. The number of Topliss-reactive ketones (excluding diaryl/α,β-unsaturated/α-hetero) is 1. The van der Waals surface area contributed by atoms with Crippen molar-refractivity contribution >= 4 is 37.6 Å². The molecule has 12 heavy (non-hydrogen) atoms. The van der Waals surface area contributed by atoms with Crippen molar-refractivity contribution in [1.82, 2.24) is 5.16 Å². The van der Waals surface area contributed by atoms with Crippen molar-refractivity contribution in [3.05, 3.63) is 15.9 Å². The first kappa shape index (κ1) is 8.44. The van der Waals surface area contributed by atoms with Crippen molar-refractivity contribution in [1.29, 1.82) is 0 Å². The lowest BCUT2D eigenvalue weighted by Gasteiger charge is -2.12. The number of alkyl halides is 1. The molecule has 0 bridgehead atoms. The van der Waals surface area contributed by atoms with Crippen molar-refractivity contribution in [3.63, 3.8) is 0 Å². The zero-order valence-corrected chi connectivity index (χ0v) is 9.18. The number of carbonyl (C=O) groups is 1. The van der Waals surface area contributed by atoms with E-state index in [1.165, 1.54) is 0 Å². The summed E-state index contributed by atoms with van der Waals surface area (Å²) in [4.78, 5) is 11.4. The predicted molar refractivity (Wildman–Crippen MR) is 49.6 cm³/mol. The van der Waals surface area contributed by atoms with E-state index < -0.39 is 0 Å². The van der Waals surface area contributed by atoms with Crippen LogP contribution in [0, 0.1) is 0 Å². The first-order chi connectivity index (χ1) is 5.70. The SMILES string of the molecule is O=C1c2c(Br)noc2CCC1Br. The standard InChI is InChI=1S/C7H5Br2NO2/c8-3-1-2-4-5(6(3)11)7(9)10-12-4/h3H,1-2H2. The zero-order valence-electron chi connectivity index (χ0n) is 6.01. The third-order valence-corrected chi connectivity index (χ3v) is 3.29. The third-order valence-electron chi connectivity index (χ3n) is 1.88. The van der Waals surface area contributed by atoms with Crippen LogP contribution in [0.25, 0.3) is 0 Å². The van der Waals surface area contributed by atoms with Gasteiger partial charge < -0.3 is 4.52 Å². The molecule has 64 valence electrons. The quantitative estimate of drug-likeness (QED) is 0.690. The minimum Gasteiger partial charge on any atom is -0.359 e. The van der Waals surface area contributed by atoms with E-state index in [4.69, 9.17) is 4.52 Å². The van der Waals surface area contributed by atoms with Crippen LogP contribution in [0.3, 0.4) is 0 Å². The predicted octanol–water partition coefficient (Wildman–Crippen LogP) is 2.33. The Kier molecular flexibility index (Phi) is 2.08. The number of carbonyl (C=O) groups excluding carboxylic acids is 1. The molecule has 0 saturated heterocycles. The summed E-state index contributed by atoms with van der Waals surface area (Å²) in [5.41, 5.74) is 0.600. The van der Waals surface area contributed by atoms with Crippen molar-refractivity contribution < 1.29 is 9.32 Å². The Bertz CT molecular complexity index is 334. The van der Waals surface area contributed by atoms with Gasteiger partial charge in [0.25, 0.3) is 0 Å². The molecular weight excluding hydrogens is 290 g/mol. The lowest BCUT2D eigenvalue weighted by molar-refractivity contribution is 0.0978. The lowest BCUT2D eigenvalue weighted by Crippen LogP contribution is -2.21. The summed E-state index contributed by atoms with van der Waals surface area (Å²) in [6, 6.07) is 0. The fourth-order valence-corrected chi connectivity index (χ4v) is 2.20. The van der Waals surface area contributed by atoms with Gasteiger partial charge in [-0.05, 0) is 22.4 Å². The van der Waals surface area contributed by atoms with Crippen LogP contribution in [0.5, 0.6) is 0 Å². The largest absolute Gasteiger partial charge is 0.359 e. The molecule has 2 rings (SSSR count). The molecular formula is C7H5Br2NO2. The van der Waals surface area contributed by atoms with Crippen LogP contribution in [0.2, 0.25) is 0 Å². The van der Waals surface area contributed by atoms with Gasteiger partial charge in [0.15, 0.2) is 10.4 Å². The van der Waals surface area contributed by atoms with Gasteiger partial charge in [-0.3, -0.25) is 4.79 Å². The molecule has 0 amide bonds. The lowest BCUT2D eigenvalue weighted by atomic mass is 9.98. The summed E-state index contributed by atoms with van der Waals surface area (Å²) in [5.74, 6) is 0.756. The Balaban J connectivity index is 2.53. The molecule has 0 aliphatic heterocycles. The normalized spacial score (nSPS) is 22.5. The molecule has 0 aromatic carbocycles. The van der Waals surface area contributed by atoms with E-state index in [0.29, 0.717) is 15.9 Å². The fraction of sp³-hybridized carbons (Fsp3) is 0.429. The van der Waals surface area contributed by atoms with Gasteiger partial charge in [-0.25, -0.2) is 0 Å². The zero-order chi connectivity index (χ0) is 8.72. The summed E-state index contributed by atoms with van der Waals surface area (Å²) < 4.78 is 5.49. The van der Waals surface area contributed by atoms with E-state index in [1.807, 2.05) is 0 Å². The van der Waals surface area contributed by atoms with Crippen LogP contribution in [0.1, 0.15) is 22.5 Å². The number of ketones is 1. The van der Waals surface area contributed by atoms with Gasteiger partial charge in [0.2, 0.25) is 0 Å². The summed E-state index contributed by atoms with van der Waals surface area (Å²) in [7, 11) is 0. The number of hydrogen-bond acceptors (Lipinski definition) is 3. The Morgan fingerprint density at radius 2 is 2.33 bits per heavy atom. The highest BCUT2D eigenvalue weighted by Gasteiger charge is 2.31. The fourth-order valence-electron chi connectivity index (χ4n) is 1.26. The van der Waals surface area contributed by atoms with Gasteiger partial charge in [-0.15, -0.1) is 0 Å². The Labute approximate surface area is 85.7 Å². The van der Waals surface area contributed by atoms with Crippen LogP contribution in [0.15, 0.2) is 9.13 Å². The first-order valence-corrected chi connectivity index (χ1v) is 5.23. The second-order valence-electron chi connectivity index (χ2n) is 2.64. The molecule has 1 aliphatic rings. The van der Waals surface area contributed by atoms with Gasteiger partial charge in [0.05, 0.1) is 10.4 Å². The summed E-state index contributed by atoms with van der Waals surface area (Å²) >= 11 is 6.48. The summed E-state index contributed by atoms with van der Waals surface area (Å²) in [5, 5.41) is 3.68. The Morgan fingerprint density at radius 3 is 3.08 bits per heavy atom. The van der Waals surface area contributed by atoms with Crippen molar-refractivity contribution in [3.8, 4) is 0 Å². The first-order valence-electron chi connectivity index (χ1n) is 3.52. The number of hydrogen-bond donors (Lipinski definition) is 0. The average molecular weight is 295 g/mol. The molecule has 5 heteroatoms. The molecule has 1 heterocycles. The van der Waals surface area contributed by atoms with Gasteiger partial charge in [0.1, 0.15) is 5.76 Å². The second kappa shape index (κ2) is 2.96. The highest BCUT2D eigenvalue weighted by molar-refractivity contribution is 9.10. The monoisotopic (exact) mass is 293 g/mol. The topological polar surface area (TPSA) is 43.1 Å². The molecule has 1 aromatic heterocycles. The Morgan fingerprint density at radius 1 is 1.58 bits per heavy atom. The van der Waals surface area contributed by atoms with E-state index in [-0.39, 0.29) is 10.6 Å². The highest BCUT2D eigenvalue weighted by atomic mass is 79.9. The molecule has 1 unspecified atom stereocenters. The molecule has 0 fully saturated rings. The molecule has 0 spiro atoms. The van der Waals surface area contributed by atoms with E-state index in [2.05, 4.69) is 37.0 Å². The van der Waals surface area contributed by atoms with E-state index >= 15 is 0 Å². The van der Waals surface area contributed by atoms with Crippen LogP contribution in [-0.2, 0) is 6.42 Å². The van der Waals surface area contributed by atoms with E-state index in [9.17, 15) is 4.79 Å². The molecule has 1 aliphatic carbocycles. The average Bonchev–Trinajstić information content (AvgIpc) is 2.41. The van der Waals surface area contributed by atoms with Crippen molar-refractivity contribution in [2.75, 3.05) is 0 Å². The molecule has 1 atom stereocenters. The third kappa shape index (κ3) is 1.15.